The van der Waals surface area contributed by atoms with E-state index in [1.54, 1.807) is 13.4 Å². The highest BCUT2D eigenvalue weighted by molar-refractivity contribution is 7.84. The van der Waals surface area contributed by atoms with Crippen LogP contribution in [0.1, 0.15) is 18.9 Å². The standard InChI is InChI=1S/C17H23NO2S/c1-13(21(3)19)10-11-18-12-14-8-9-17(20-2)16-7-5-4-6-15(14)16/h4-9,13,18H,10-12H2,1-3H3. The highest BCUT2D eigenvalue weighted by atomic mass is 32.2. The molecule has 0 bridgehead atoms. The molecule has 0 radical (unpaired) electrons. The zero-order valence-electron chi connectivity index (χ0n) is 12.9. The second-order valence-corrected chi connectivity index (χ2v) is 7.05. The van der Waals surface area contributed by atoms with Crippen LogP contribution in [0.5, 0.6) is 5.75 Å². The van der Waals surface area contributed by atoms with E-state index >= 15 is 0 Å². The molecule has 0 saturated carbocycles. The van der Waals surface area contributed by atoms with Gasteiger partial charge < -0.3 is 10.1 Å². The first-order valence-electron chi connectivity index (χ1n) is 7.21. The first kappa shape index (κ1) is 16.0. The lowest BCUT2D eigenvalue weighted by atomic mass is 10.0. The number of fused-ring (bicyclic) bond motifs is 1. The predicted octanol–water partition coefficient (Wildman–Crippen LogP) is 3.10. The van der Waals surface area contributed by atoms with Crippen molar-refractivity contribution < 1.29 is 8.95 Å². The van der Waals surface area contributed by atoms with Crippen LogP contribution in [0.15, 0.2) is 36.4 Å². The minimum atomic E-state index is -0.741. The van der Waals surface area contributed by atoms with Crippen LogP contribution in [0, 0.1) is 0 Å². The van der Waals surface area contributed by atoms with Gasteiger partial charge in [-0.2, -0.15) is 0 Å². The molecule has 0 aliphatic carbocycles. The van der Waals surface area contributed by atoms with Gasteiger partial charge in [0.2, 0.25) is 0 Å². The van der Waals surface area contributed by atoms with Gasteiger partial charge in [-0.1, -0.05) is 37.3 Å². The van der Waals surface area contributed by atoms with Crippen molar-refractivity contribution in [1.82, 2.24) is 5.32 Å². The zero-order chi connectivity index (χ0) is 15.2. The Morgan fingerprint density at radius 1 is 1.19 bits per heavy atom. The highest BCUT2D eigenvalue weighted by Gasteiger charge is 2.07. The van der Waals surface area contributed by atoms with E-state index in [0.717, 1.165) is 30.6 Å². The smallest absolute Gasteiger partial charge is 0.126 e. The van der Waals surface area contributed by atoms with Crippen LogP contribution in [0.2, 0.25) is 0 Å². The van der Waals surface area contributed by atoms with Gasteiger partial charge in [0, 0.05) is 34.2 Å². The SMILES string of the molecule is COc1ccc(CNCCC(C)S(C)=O)c2ccccc12. The lowest BCUT2D eigenvalue weighted by Crippen LogP contribution is -2.21. The zero-order valence-corrected chi connectivity index (χ0v) is 13.7. The average molecular weight is 305 g/mol. The third-order valence-electron chi connectivity index (χ3n) is 3.80. The van der Waals surface area contributed by atoms with Crippen molar-refractivity contribution in [2.24, 2.45) is 0 Å². The predicted molar refractivity (Wildman–Crippen MR) is 90.4 cm³/mol. The Morgan fingerprint density at radius 2 is 1.90 bits per heavy atom. The highest BCUT2D eigenvalue weighted by Crippen LogP contribution is 2.28. The van der Waals surface area contributed by atoms with Crippen molar-refractivity contribution >= 4 is 21.6 Å². The maximum atomic E-state index is 11.3. The molecule has 2 aromatic carbocycles. The molecule has 0 aromatic heterocycles. The van der Waals surface area contributed by atoms with Gasteiger partial charge in [0.05, 0.1) is 7.11 Å². The number of nitrogens with one attached hydrogen (secondary N) is 1. The number of methoxy groups -OCH3 is 1. The normalized spacial score (nSPS) is 14.0. The molecule has 2 rings (SSSR count). The number of benzene rings is 2. The third-order valence-corrected chi connectivity index (χ3v) is 5.17. The first-order valence-corrected chi connectivity index (χ1v) is 8.83. The number of hydrogen-bond donors (Lipinski definition) is 1. The lowest BCUT2D eigenvalue weighted by molar-refractivity contribution is 0.419. The number of ether oxygens (including phenoxy) is 1. The molecular formula is C17H23NO2S. The van der Waals surface area contributed by atoms with Crippen LogP contribution in [-0.2, 0) is 17.3 Å². The van der Waals surface area contributed by atoms with Crippen LogP contribution < -0.4 is 10.1 Å². The van der Waals surface area contributed by atoms with E-state index in [-0.39, 0.29) is 5.25 Å². The Hall–Kier alpha value is -1.39. The summed E-state index contributed by atoms with van der Waals surface area (Å²) in [7, 11) is 0.959. The summed E-state index contributed by atoms with van der Waals surface area (Å²) in [6, 6.07) is 12.4. The van der Waals surface area contributed by atoms with Crippen molar-refractivity contribution in [2.45, 2.75) is 25.1 Å². The fourth-order valence-electron chi connectivity index (χ4n) is 2.36. The van der Waals surface area contributed by atoms with Gasteiger partial charge >= 0.3 is 0 Å². The Balaban J connectivity index is 2.04. The molecule has 114 valence electrons. The molecule has 0 aliphatic rings. The largest absolute Gasteiger partial charge is 0.496 e. The minimum Gasteiger partial charge on any atom is -0.496 e. The molecule has 2 unspecified atom stereocenters. The number of hydrogen-bond acceptors (Lipinski definition) is 3. The molecule has 0 heterocycles. The van der Waals surface area contributed by atoms with Crippen molar-refractivity contribution in [3.05, 3.63) is 42.0 Å². The Labute approximate surface area is 129 Å². The van der Waals surface area contributed by atoms with Crippen LogP contribution in [0.4, 0.5) is 0 Å². The summed E-state index contributed by atoms with van der Waals surface area (Å²) < 4.78 is 16.7. The van der Waals surface area contributed by atoms with Crippen LogP contribution in [-0.4, -0.2) is 29.4 Å². The van der Waals surface area contributed by atoms with Crippen LogP contribution in [0.3, 0.4) is 0 Å². The molecule has 0 saturated heterocycles. The van der Waals surface area contributed by atoms with E-state index in [1.165, 1.54) is 10.9 Å². The van der Waals surface area contributed by atoms with Gasteiger partial charge in [-0.05, 0) is 30.0 Å². The monoisotopic (exact) mass is 305 g/mol. The van der Waals surface area contributed by atoms with Gasteiger partial charge in [0.15, 0.2) is 0 Å². The minimum absolute atomic E-state index is 0.241. The molecule has 2 aromatic rings. The van der Waals surface area contributed by atoms with Crippen molar-refractivity contribution in [3.63, 3.8) is 0 Å². The molecule has 0 amide bonds. The molecule has 4 heteroatoms. The average Bonchev–Trinajstić information content (AvgIpc) is 2.51. The quantitative estimate of drug-likeness (QED) is 0.799. The summed E-state index contributed by atoms with van der Waals surface area (Å²) in [5.41, 5.74) is 1.26. The van der Waals surface area contributed by atoms with Crippen molar-refractivity contribution in [1.29, 1.82) is 0 Å². The summed E-state index contributed by atoms with van der Waals surface area (Å²) in [6.07, 6.45) is 2.69. The summed E-state index contributed by atoms with van der Waals surface area (Å²) in [5.74, 6) is 0.907. The lowest BCUT2D eigenvalue weighted by Gasteiger charge is -2.12. The first-order chi connectivity index (χ1) is 10.1. The molecule has 0 spiro atoms. The fourth-order valence-corrected chi connectivity index (χ4v) is 2.81. The Bertz CT molecular complexity index is 627. The van der Waals surface area contributed by atoms with Crippen molar-refractivity contribution in [3.8, 4) is 5.75 Å². The molecule has 2 atom stereocenters. The Kier molecular flexibility index (Phi) is 5.76. The second kappa shape index (κ2) is 7.57. The molecule has 21 heavy (non-hydrogen) atoms. The molecule has 0 aliphatic heterocycles. The van der Waals surface area contributed by atoms with Gasteiger partial charge in [-0.15, -0.1) is 0 Å². The van der Waals surface area contributed by atoms with Gasteiger partial charge in [0.25, 0.3) is 0 Å². The topological polar surface area (TPSA) is 38.3 Å². The fraction of sp³-hybridized carbons (Fsp3) is 0.412. The third kappa shape index (κ3) is 4.05. The number of rotatable bonds is 7. The van der Waals surface area contributed by atoms with Gasteiger partial charge in [0.1, 0.15) is 5.75 Å². The summed E-state index contributed by atoms with van der Waals surface area (Å²) in [5, 5.41) is 6.04. The molecule has 3 nitrogen and oxygen atoms in total. The van der Waals surface area contributed by atoms with Crippen LogP contribution >= 0.6 is 0 Å². The van der Waals surface area contributed by atoms with E-state index in [1.807, 2.05) is 25.1 Å². The molecular weight excluding hydrogens is 282 g/mol. The maximum absolute atomic E-state index is 11.3. The van der Waals surface area contributed by atoms with E-state index < -0.39 is 10.8 Å². The van der Waals surface area contributed by atoms with Crippen LogP contribution in [0.25, 0.3) is 10.8 Å². The summed E-state index contributed by atoms with van der Waals surface area (Å²) in [6.45, 7) is 3.72. The molecule has 1 N–H and O–H groups in total. The van der Waals surface area contributed by atoms with Gasteiger partial charge in [-0.3, -0.25) is 4.21 Å². The van der Waals surface area contributed by atoms with Gasteiger partial charge in [-0.25, -0.2) is 0 Å². The second-order valence-electron chi connectivity index (χ2n) is 5.25. The molecule has 0 fully saturated rings. The Morgan fingerprint density at radius 3 is 2.57 bits per heavy atom. The van der Waals surface area contributed by atoms with E-state index in [2.05, 4.69) is 23.5 Å². The van der Waals surface area contributed by atoms with E-state index in [4.69, 9.17) is 4.74 Å². The van der Waals surface area contributed by atoms with E-state index in [0.29, 0.717) is 0 Å². The van der Waals surface area contributed by atoms with Crippen molar-refractivity contribution in [2.75, 3.05) is 19.9 Å². The summed E-state index contributed by atoms with van der Waals surface area (Å²) in [4.78, 5) is 0. The summed E-state index contributed by atoms with van der Waals surface area (Å²) >= 11 is 0. The maximum Gasteiger partial charge on any atom is 0.126 e. The van der Waals surface area contributed by atoms with E-state index in [9.17, 15) is 4.21 Å².